The van der Waals surface area contributed by atoms with E-state index in [2.05, 4.69) is 51.1 Å². The Morgan fingerprint density at radius 2 is 2.00 bits per heavy atom. The predicted molar refractivity (Wildman–Crippen MR) is 66.2 cm³/mol. The van der Waals surface area contributed by atoms with Crippen LogP contribution in [0.25, 0.3) is 0 Å². The van der Waals surface area contributed by atoms with Crippen LogP contribution < -0.4 is 0 Å². The van der Waals surface area contributed by atoms with Gasteiger partial charge in [0.25, 0.3) is 0 Å². The molecule has 1 aromatic carbocycles. The summed E-state index contributed by atoms with van der Waals surface area (Å²) in [6.07, 6.45) is 2.15. The molecule has 1 fully saturated rings. The highest BCUT2D eigenvalue weighted by Gasteiger charge is 2.54. The summed E-state index contributed by atoms with van der Waals surface area (Å²) in [5.74, 6) is 1.13. The van der Waals surface area contributed by atoms with E-state index in [-0.39, 0.29) is 5.41 Å². The van der Waals surface area contributed by atoms with Gasteiger partial charge in [-0.05, 0) is 29.4 Å². The first-order valence-electron chi connectivity index (χ1n) is 6.15. The molecule has 2 atom stereocenters. The van der Waals surface area contributed by atoms with Gasteiger partial charge in [0.2, 0.25) is 0 Å². The van der Waals surface area contributed by atoms with Gasteiger partial charge in [0, 0.05) is 0 Å². The molecule has 0 amide bonds. The third kappa shape index (κ3) is 1.63. The Labute approximate surface area is 98.1 Å². The minimum absolute atomic E-state index is 0.162. The Kier molecular flexibility index (Phi) is 2.76. The standard InChI is InChI=1S/C15H19N/c1-4-13-9-15(13,10-16)14-7-5-12(6-8-14)11(2)3/h5-8,11,13H,4,9H2,1-3H3. The van der Waals surface area contributed by atoms with Crippen molar-refractivity contribution in [1.82, 2.24) is 0 Å². The van der Waals surface area contributed by atoms with E-state index in [1.54, 1.807) is 0 Å². The van der Waals surface area contributed by atoms with Crippen molar-refractivity contribution in [3.63, 3.8) is 0 Å². The molecule has 1 aliphatic rings. The summed E-state index contributed by atoms with van der Waals surface area (Å²) in [7, 11) is 0. The molecule has 0 N–H and O–H groups in total. The minimum Gasteiger partial charge on any atom is -0.197 e. The summed E-state index contributed by atoms with van der Waals surface area (Å²) in [5.41, 5.74) is 2.40. The van der Waals surface area contributed by atoms with E-state index in [4.69, 9.17) is 0 Å². The molecular formula is C15H19N. The maximum absolute atomic E-state index is 9.34. The number of benzene rings is 1. The van der Waals surface area contributed by atoms with Gasteiger partial charge in [-0.3, -0.25) is 0 Å². The number of nitrogens with zero attached hydrogens (tertiary/aromatic N) is 1. The average molecular weight is 213 g/mol. The van der Waals surface area contributed by atoms with Gasteiger partial charge in [0.05, 0.1) is 11.5 Å². The second-order valence-electron chi connectivity index (χ2n) is 5.17. The van der Waals surface area contributed by atoms with Crippen LogP contribution in [-0.4, -0.2) is 0 Å². The van der Waals surface area contributed by atoms with Gasteiger partial charge >= 0.3 is 0 Å². The van der Waals surface area contributed by atoms with E-state index < -0.39 is 0 Å². The first-order chi connectivity index (χ1) is 7.64. The van der Waals surface area contributed by atoms with Crippen molar-refractivity contribution in [2.24, 2.45) is 5.92 Å². The molecule has 1 heteroatoms. The van der Waals surface area contributed by atoms with Crippen molar-refractivity contribution in [2.45, 2.75) is 44.9 Å². The van der Waals surface area contributed by atoms with Crippen LogP contribution in [-0.2, 0) is 5.41 Å². The Morgan fingerprint density at radius 1 is 1.38 bits per heavy atom. The lowest BCUT2D eigenvalue weighted by Crippen LogP contribution is -2.06. The number of nitriles is 1. The van der Waals surface area contributed by atoms with Crippen LogP contribution in [0.15, 0.2) is 24.3 Å². The summed E-state index contributed by atoms with van der Waals surface area (Å²) in [4.78, 5) is 0. The van der Waals surface area contributed by atoms with Crippen molar-refractivity contribution >= 4 is 0 Å². The molecule has 84 valence electrons. The van der Waals surface area contributed by atoms with E-state index in [0.29, 0.717) is 11.8 Å². The molecule has 1 aliphatic carbocycles. The molecule has 0 bridgehead atoms. The third-order valence-electron chi connectivity index (χ3n) is 3.89. The van der Waals surface area contributed by atoms with Crippen LogP contribution in [0.3, 0.4) is 0 Å². The highest BCUT2D eigenvalue weighted by molar-refractivity contribution is 5.42. The molecule has 1 aromatic rings. The molecule has 2 rings (SSSR count). The van der Waals surface area contributed by atoms with E-state index >= 15 is 0 Å². The second kappa shape index (κ2) is 3.94. The smallest absolute Gasteiger partial charge is 0.0854 e. The maximum Gasteiger partial charge on any atom is 0.0854 e. The quantitative estimate of drug-likeness (QED) is 0.744. The highest BCUT2D eigenvalue weighted by Crippen LogP contribution is 2.55. The lowest BCUT2D eigenvalue weighted by atomic mass is 9.91. The van der Waals surface area contributed by atoms with Gasteiger partial charge in [-0.2, -0.15) is 5.26 Å². The predicted octanol–water partition coefficient (Wildman–Crippen LogP) is 4.00. The molecule has 0 radical (unpaired) electrons. The molecule has 0 aliphatic heterocycles. The van der Waals surface area contributed by atoms with Crippen LogP contribution in [0, 0.1) is 17.2 Å². The van der Waals surface area contributed by atoms with Crippen molar-refractivity contribution < 1.29 is 0 Å². The van der Waals surface area contributed by atoms with E-state index in [9.17, 15) is 5.26 Å². The first-order valence-corrected chi connectivity index (χ1v) is 6.15. The number of hydrogen-bond donors (Lipinski definition) is 0. The molecule has 1 nitrogen and oxygen atoms in total. The molecule has 2 unspecified atom stereocenters. The average Bonchev–Trinajstić information content (AvgIpc) is 3.04. The Morgan fingerprint density at radius 3 is 2.38 bits per heavy atom. The molecule has 16 heavy (non-hydrogen) atoms. The molecule has 0 heterocycles. The van der Waals surface area contributed by atoms with Crippen LogP contribution in [0.4, 0.5) is 0 Å². The molecule has 1 saturated carbocycles. The normalized spacial score (nSPS) is 27.8. The van der Waals surface area contributed by atoms with Crippen LogP contribution >= 0.6 is 0 Å². The Hall–Kier alpha value is -1.29. The van der Waals surface area contributed by atoms with Gasteiger partial charge in [-0.15, -0.1) is 0 Å². The van der Waals surface area contributed by atoms with Gasteiger partial charge in [-0.25, -0.2) is 0 Å². The van der Waals surface area contributed by atoms with Gasteiger partial charge in [0.1, 0.15) is 0 Å². The SMILES string of the molecule is CCC1CC1(C#N)c1ccc(C(C)C)cc1. The second-order valence-corrected chi connectivity index (χ2v) is 5.17. The lowest BCUT2D eigenvalue weighted by molar-refractivity contribution is 0.700. The van der Waals surface area contributed by atoms with Gasteiger partial charge < -0.3 is 0 Å². The summed E-state index contributed by atoms with van der Waals surface area (Å²) < 4.78 is 0. The zero-order chi connectivity index (χ0) is 11.8. The third-order valence-corrected chi connectivity index (χ3v) is 3.89. The molecular weight excluding hydrogens is 194 g/mol. The molecule has 0 saturated heterocycles. The fourth-order valence-corrected chi connectivity index (χ4v) is 2.54. The summed E-state index contributed by atoms with van der Waals surface area (Å²) in [5, 5.41) is 9.34. The van der Waals surface area contributed by atoms with Crippen LogP contribution in [0.1, 0.15) is 50.7 Å². The summed E-state index contributed by atoms with van der Waals surface area (Å²) in [6.45, 7) is 6.56. The Bertz CT molecular complexity index is 410. The van der Waals surface area contributed by atoms with E-state index in [0.717, 1.165) is 12.8 Å². The lowest BCUT2D eigenvalue weighted by Gasteiger charge is -2.11. The van der Waals surface area contributed by atoms with Crippen LogP contribution in [0.5, 0.6) is 0 Å². The topological polar surface area (TPSA) is 23.8 Å². The zero-order valence-corrected chi connectivity index (χ0v) is 10.3. The van der Waals surface area contributed by atoms with E-state index in [1.165, 1.54) is 11.1 Å². The first kappa shape index (κ1) is 11.2. The Balaban J connectivity index is 2.26. The van der Waals surface area contributed by atoms with Crippen molar-refractivity contribution in [1.29, 1.82) is 5.26 Å². The summed E-state index contributed by atoms with van der Waals surface area (Å²) in [6, 6.07) is 11.2. The molecule has 0 aromatic heterocycles. The maximum atomic E-state index is 9.34. The minimum atomic E-state index is -0.162. The zero-order valence-electron chi connectivity index (χ0n) is 10.3. The molecule has 0 spiro atoms. The van der Waals surface area contributed by atoms with Gasteiger partial charge in [0.15, 0.2) is 0 Å². The summed E-state index contributed by atoms with van der Waals surface area (Å²) >= 11 is 0. The number of hydrogen-bond acceptors (Lipinski definition) is 1. The number of rotatable bonds is 3. The van der Waals surface area contributed by atoms with E-state index in [1.807, 2.05) is 0 Å². The van der Waals surface area contributed by atoms with Crippen LogP contribution in [0.2, 0.25) is 0 Å². The fourth-order valence-electron chi connectivity index (χ4n) is 2.54. The fraction of sp³-hybridized carbons (Fsp3) is 0.533. The monoisotopic (exact) mass is 213 g/mol. The highest BCUT2D eigenvalue weighted by atomic mass is 14.6. The van der Waals surface area contributed by atoms with Crippen molar-refractivity contribution in [2.75, 3.05) is 0 Å². The van der Waals surface area contributed by atoms with Gasteiger partial charge in [-0.1, -0.05) is 51.5 Å². The van der Waals surface area contributed by atoms with Crippen molar-refractivity contribution in [3.05, 3.63) is 35.4 Å². The van der Waals surface area contributed by atoms with Crippen molar-refractivity contribution in [3.8, 4) is 6.07 Å². The largest absolute Gasteiger partial charge is 0.197 e.